The summed E-state index contributed by atoms with van der Waals surface area (Å²) in [7, 11) is 1.68. The van der Waals surface area contributed by atoms with E-state index >= 15 is 0 Å². The molecule has 1 saturated heterocycles. The van der Waals surface area contributed by atoms with E-state index in [-0.39, 0.29) is 6.03 Å². The fourth-order valence-corrected chi connectivity index (χ4v) is 3.29. The lowest BCUT2D eigenvalue weighted by Gasteiger charge is -2.32. The zero-order chi connectivity index (χ0) is 17.6. The summed E-state index contributed by atoms with van der Waals surface area (Å²) >= 11 is 0. The molecule has 0 spiro atoms. The van der Waals surface area contributed by atoms with Gasteiger partial charge in [0.15, 0.2) is 0 Å². The molecular formula is C17H27N5O3. The van der Waals surface area contributed by atoms with E-state index in [1.165, 1.54) is 0 Å². The van der Waals surface area contributed by atoms with E-state index < -0.39 is 0 Å². The maximum absolute atomic E-state index is 12.7. The molecule has 0 aromatic carbocycles. The molecule has 138 valence electrons. The first-order valence-corrected chi connectivity index (χ1v) is 8.90. The van der Waals surface area contributed by atoms with Crippen molar-refractivity contribution in [3.05, 3.63) is 17.1 Å². The van der Waals surface area contributed by atoms with Gasteiger partial charge in [-0.05, 0) is 13.3 Å². The first-order valence-electron chi connectivity index (χ1n) is 8.90. The molecular weight excluding hydrogens is 322 g/mol. The number of amides is 2. The van der Waals surface area contributed by atoms with Gasteiger partial charge < -0.3 is 24.6 Å². The van der Waals surface area contributed by atoms with Gasteiger partial charge in [0.25, 0.3) is 0 Å². The third-order valence-electron chi connectivity index (χ3n) is 4.61. The molecule has 0 unspecified atom stereocenters. The maximum atomic E-state index is 12.7. The Morgan fingerprint density at radius 3 is 2.64 bits per heavy atom. The normalized spacial score (nSPS) is 17.8. The summed E-state index contributed by atoms with van der Waals surface area (Å²) in [5.41, 5.74) is 2.17. The number of morpholine rings is 1. The third kappa shape index (κ3) is 4.38. The number of aromatic nitrogens is 2. The Kier molecular flexibility index (Phi) is 6.04. The summed E-state index contributed by atoms with van der Waals surface area (Å²) in [5, 5.41) is 3.34. The van der Waals surface area contributed by atoms with E-state index in [0.717, 1.165) is 35.7 Å². The Morgan fingerprint density at radius 1 is 1.16 bits per heavy atom. The van der Waals surface area contributed by atoms with Crippen molar-refractivity contribution in [2.24, 2.45) is 0 Å². The van der Waals surface area contributed by atoms with Crippen molar-refractivity contribution < 1.29 is 14.3 Å². The van der Waals surface area contributed by atoms with Crippen molar-refractivity contribution in [2.45, 2.75) is 19.8 Å². The first-order chi connectivity index (χ1) is 12.2. The lowest BCUT2D eigenvalue weighted by atomic mass is 10.1. The van der Waals surface area contributed by atoms with Crippen LogP contribution in [-0.2, 0) is 22.3 Å². The molecule has 0 saturated carbocycles. The molecule has 0 aliphatic carbocycles. The molecule has 8 heteroatoms. The van der Waals surface area contributed by atoms with Crippen LogP contribution in [0, 0.1) is 6.92 Å². The number of nitrogens with zero attached hydrogens (tertiary/aromatic N) is 4. The van der Waals surface area contributed by atoms with Gasteiger partial charge in [-0.25, -0.2) is 14.8 Å². The lowest BCUT2D eigenvalue weighted by Crippen LogP contribution is -2.48. The maximum Gasteiger partial charge on any atom is 0.320 e. The summed E-state index contributed by atoms with van der Waals surface area (Å²) < 4.78 is 10.4. The fraction of sp³-hybridized carbons (Fsp3) is 0.706. The molecule has 0 radical (unpaired) electrons. The standard InChI is InChI=1S/C17H27N5O3/c1-13-19-15-4-7-21(17(23)22-8-11-25-12-9-22)6-3-14(15)16(20-13)18-5-10-24-2/h3-12H2,1-2H3,(H,18,19,20). The molecule has 0 bridgehead atoms. The minimum absolute atomic E-state index is 0.106. The highest BCUT2D eigenvalue weighted by molar-refractivity contribution is 5.74. The van der Waals surface area contributed by atoms with Crippen LogP contribution in [0.25, 0.3) is 0 Å². The Morgan fingerprint density at radius 2 is 1.88 bits per heavy atom. The lowest BCUT2D eigenvalue weighted by molar-refractivity contribution is 0.0436. The molecule has 1 aromatic heterocycles. The Bertz CT molecular complexity index is 604. The fourth-order valence-electron chi connectivity index (χ4n) is 3.29. The van der Waals surface area contributed by atoms with Crippen LogP contribution in [0.15, 0.2) is 0 Å². The number of anilines is 1. The molecule has 0 atom stereocenters. The van der Waals surface area contributed by atoms with Crippen molar-refractivity contribution in [1.29, 1.82) is 0 Å². The highest BCUT2D eigenvalue weighted by Crippen LogP contribution is 2.22. The van der Waals surface area contributed by atoms with Crippen LogP contribution in [0.2, 0.25) is 0 Å². The van der Waals surface area contributed by atoms with Gasteiger partial charge in [0.1, 0.15) is 11.6 Å². The van der Waals surface area contributed by atoms with E-state index in [1.807, 2.05) is 16.7 Å². The highest BCUT2D eigenvalue weighted by Gasteiger charge is 2.26. The number of ether oxygens (including phenoxy) is 2. The molecule has 2 aliphatic rings. The molecule has 3 heterocycles. The van der Waals surface area contributed by atoms with Gasteiger partial charge in [-0.3, -0.25) is 0 Å². The second kappa shape index (κ2) is 8.44. The van der Waals surface area contributed by atoms with Gasteiger partial charge in [-0.1, -0.05) is 0 Å². The largest absolute Gasteiger partial charge is 0.383 e. The van der Waals surface area contributed by atoms with Crippen LogP contribution in [-0.4, -0.2) is 85.5 Å². The van der Waals surface area contributed by atoms with Crippen molar-refractivity contribution in [1.82, 2.24) is 19.8 Å². The van der Waals surface area contributed by atoms with Crippen LogP contribution >= 0.6 is 0 Å². The van der Waals surface area contributed by atoms with Gasteiger partial charge in [-0.15, -0.1) is 0 Å². The van der Waals surface area contributed by atoms with Gasteiger partial charge in [0, 0.05) is 51.8 Å². The van der Waals surface area contributed by atoms with Crippen LogP contribution < -0.4 is 5.32 Å². The van der Waals surface area contributed by atoms with E-state index in [2.05, 4.69) is 15.3 Å². The summed E-state index contributed by atoms with van der Waals surface area (Å²) in [6.45, 7) is 7.20. The molecule has 25 heavy (non-hydrogen) atoms. The van der Waals surface area contributed by atoms with Crippen LogP contribution in [0.5, 0.6) is 0 Å². The second-order valence-corrected chi connectivity index (χ2v) is 6.33. The van der Waals surface area contributed by atoms with E-state index in [9.17, 15) is 4.79 Å². The van der Waals surface area contributed by atoms with Gasteiger partial charge in [0.05, 0.1) is 25.5 Å². The number of hydrogen-bond acceptors (Lipinski definition) is 6. The first kappa shape index (κ1) is 17.9. The van der Waals surface area contributed by atoms with Crippen molar-refractivity contribution in [2.75, 3.05) is 65.0 Å². The number of fused-ring (bicyclic) bond motifs is 1. The summed E-state index contributed by atoms with van der Waals surface area (Å²) in [4.78, 5) is 25.7. The molecule has 2 aliphatic heterocycles. The minimum Gasteiger partial charge on any atom is -0.383 e. The quantitative estimate of drug-likeness (QED) is 0.806. The van der Waals surface area contributed by atoms with Crippen molar-refractivity contribution >= 4 is 11.8 Å². The SMILES string of the molecule is COCCNc1nc(C)nc2c1CCN(C(=O)N1CCOCC1)CC2. The molecule has 8 nitrogen and oxygen atoms in total. The number of urea groups is 1. The highest BCUT2D eigenvalue weighted by atomic mass is 16.5. The number of carbonyl (C=O) groups excluding carboxylic acids is 1. The summed E-state index contributed by atoms with van der Waals surface area (Å²) in [5.74, 6) is 1.63. The average molecular weight is 349 g/mol. The second-order valence-electron chi connectivity index (χ2n) is 6.33. The smallest absolute Gasteiger partial charge is 0.320 e. The number of aryl methyl sites for hydroxylation is 1. The van der Waals surface area contributed by atoms with Gasteiger partial charge >= 0.3 is 6.03 Å². The van der Waals surface area contributed by atoms with Crippen LogP contribution in [0.3, 0.4) is 0 Å². The summed E-state index contributed by atoms with van der Waals surface area (Å²) in [6.07, 6.45) is 1.52. The molecule has 1 aromatic rings. The number of hydrogen-bond donors (Lipinski definition) is 1. The van der Waals surface area contributed by atoms with E-state index in [1.54, 1.807) is 7.11 Å². The molecule has 1 N–H and O–H groups in total. The minimum atomic E-state index is 0.106. The monoisotopic (exact) mass is 349 g/mol. The summed E-state index contributed by atoms with van der Waals surface area (Å²) in [6, 6.07) is 0.106. The average Bonchev–Trinajstić information content (AvgIpc) is 2.84. The molecule has 3 rings (SSSR count). The van der Waals surface area contributed by atoms with Crippen LogP contribution in [0.1, 0.15) is 17.1 Å². The number of carbonyl (C=O) groups is 1. The number of nitrogens with one attached hydrogen (secondary N) is 1. The number of methoxy groups -OCH3 is 1. The predicted octanol–water partition coefficient (Wildman–Crippen LogP) is 0.696. The van der Waals surface area contributed by atoms with Gasteiger partial charge in [-0.2, -0.15) is 0 Å². The Labute approximate surface area is 148 Å². The van der Waals surface area contributed by atoms with E-state index in [0.29, 0.717) is 52.5 Å². The van der Waals surface area contributed by atoms with Crippen molar-refractivity contribution in [3.8, 4) is 0 Å². The van der Waals surface area contributed by atoms with Gasteiger partial charge in [0.2, 0.25) is 0 Å². The van der Waals surface area contributed by atoms with Crippen molar-refractivity contribution in [3.63, 3.8) is 0 Å². The Balaban J connectivity index is 1.70. The zero-order valence-electron chi connectivity index (χ0n) is 15.1. The van der Waals surface area contributed by atoms with E-state index in [4.69, 9.17) is 9.47 Å². The topological polar surface area (TPSA) is 79.8 Å². The molecule has 1 fully saturated rings. The zero-order valence-corrected chi connectivity index (χ0v) is 15.1. The predicted molar refractivity (Wildman–Crippen MR) is 93.9 cm³/mol. The van der Waals surface area contributed by atoms with Crippen LogP contribution in [0.4, 0.5) is 10.6 Å². The number of rotatable bonds is 4. The third-order valence-corrected chi connectivity index (χ3v) is 4.61. The Hall–Kier alpha value is -1.93. The molecule has 2 amide bonds.